The number of hydrogen-bond donors (Lipinski definition) is 1. The highest BCUT2D eigenvalue weighted by molar-refractivity contribution is 5.78. The van der Waals surface area contributed by atoms with Crippen LogP contribution >= 0.6 is 0 Å². The molecule has 0 amide bonds. The van der Waals surface area contributed by atoms with Crippen LogP contribution in [0.3, 0.4) is 0 Å². The number of pyridine rings is 2. The van der Waals surface area contributed by atoms with Crippen LogP contribution in [0.4, 0.5) is 14.6 Å². The molecule has 3 aliphatic rings. The monoisotopic (exact) mass is 512 g/mol. The van der Waals surface area contributed by atoms with Gasteiger partial charge in [0, 0.05) is 54.5 Å². The van der Waals surface area contributed by atoms with Crippen LogP contribution in [0.25, 0.3) is 0 Å². The number of anilines is 1. The molecule has 2 aromatic rings. The van der Waals surface area contributed by atoms with Crippen molar-refractivity contribution in [2.24, 2.45) is 5.92 Å². The Labute approximate surface area is 218 Å². The number of carbonyl (C=O) groups is 1. The number of esters is 1. The number of aryl methyl sites for hydroxylation is 2. The molecule has 200 valence electrons. The topological polar surface area (TPSA) is 67.3 Å². The van der Waals surface area contributed by atoms with Gasteiger partial charge < -0.3 is 10.1 Å². The zero-order valence-electron chi connectivity index (χ0n) is 21.7. The first-order valence-electron chi connectivity index (χ1n) is 13.9. The SMILES string of the molecule is CCOC(=O)C(c1cccnc1C1CC1)N1CCC(C(F)(F)CCCCc2ccc3c(n2)NCCC3)C1. The first-order chi connectivity index (χ1) is 18.0. The number of hydrogen-bond acceptors (Lipinski definition) is 6. The summed E-state index contributed by atoms with van der Waals surface area (Å²) < 4.78 is 36.0. The largest absolute Gasteiger partial charge is 0.465 e. The number of rotatable bonds is 11. The molecule has 1 saturated heterocycles. The minimum atomic E-state index is -2.77. The molecule has 0 aromatic carbocycles. The van der Waals surface area contributed by atoms with E-state index in [1.54, 1.807) is 13.1 Å². The fraction of sp³-hybridized carbons (Fsp3) is 0.621. The van der Waals surface area contributed by atoms with Gasteiger partial charge in [-0.2, -0.15) is 0 Å². The number of likely N-dealkylation sites (tertiary alicyclic amines) is 1. The van der Waals surface area contributed by atoms with Crippen molar-refractivity contribution in [1.29, 1.82) is 0 Å². The Bertz CT molecular complexity index is 1090. The number of halogens is 2. The molecule has 2 aliphatic heterocycles. The normalized spacial score (nSPS) is 20.8. The predicted octanol–water partition coefficient (Wildman–Crippen LogP) is 5.69. The number of unbranched alkanes of at least 4 members (excludes halogenated alkanes) is 1. The van der Waals surface area contributed by atoms with E-state index in [2.05, 4.69) is 21.4 Å². The van der Waals surface area contributed by atoms with E-state index in [1.807, 2.05) is 23.1 Å². The first kappa shape index (κ1) is 26.0. The molecule has 1 aliphatic carbocycles. The smallest absolute Gasteiger partial charge is 0.328 e. The zero-order valence-corrected chi connectivity index (χ0v) is 21.7. The highest BCUT2D eigenvalue weighted by Crippen LogP contribution is 2.45. The number of nitrogens with zero attached hydrogens (tertiary/aromatic N) is 3. The molecule has 0 bridgehead atoms. The van der Waals surface area contributed by atoms with Gasteiger partial charge in [0.2, 0.25) is 0 Å². The second-order valence-corrected chi connectivity index (χ2v) is 10.7. The molecule has 5 rings (SSSR count). The average molecular weight is 513 g/mol. The van der Waals surface area contributed by atoms with Crippen molar-refractivity contribution < 1.29 is 18.3 Å². The van der Waals surface area contributed by atoms with E-state index < -0.39 is 17.9 Å². The molecule has 1 saturated carbocycles. The fourth-order valence-corrected chi connectivity index (χ4v) is 5.80. The number of alkyl halides is 2. The quantitative estimate of drug-likeness (QED) is 0.308. The maximum absolute atomic E-state index is 15.3. The van der Waals surface area contributed by atoms with Crippen molar-refractivity contribution >= 4 is 11.8 Å². The molecule has 2 aromatic heterocycles. The van der Waals surface area contributed by atoms with Gasteiger partial charge >= 0.3 is 5.97 Å². The van der Waals surface area contributed by atoms with Crippen LogP contribution in [0.15, 0.2) is 30.5 Å². The van der Waals surface area contributed by atoms with Crippen molar-refractivity contribution in [3.05, 3.63) is 53.0 Å². The number of aromatic nitrogens is 2. The summed E-state index contributed by atoms with van der Waals surface area (Å²) in [6.07, 6.45) is 8.09. The van der Waals surface area contributed by atoms with E-state index in [0.29, 0.717) is 38.1 Å². The molecule has 6 nitrogen and oxygen atoms in total. The molecule has 2 unspecified atom stereocenters. The van der Waals surface area contributed by atoms with Crippen LogP contribution in [0.1, 0.15) is 86.3 Å². The summed E-state index contributed by atoms with van der Waals surface area (Å²) in [5.74, 6) is -2.60. The minimum absolute atomic E-state index is 0.140. The van der Waals surface area contributed by atoms with Gasteiger partial charge in [0.15, 0.2) is 0 Å². The predicted molar refractivity (Wildman–Crippen MR) is 139 cm³/mol. The van der Waals surface area contributed by atoms with E-state index in [1.165, 1.54) is 5.56 Å². The molecular weight excluding hydrogens is 474 g/mol. The van der Waals surface area contributed by atoms with Crippen LogP contribution in [-0.2, 0) is 22.4 Å². The third kappa shape index (κ3) is 6.11. The van der Waals surface area contributed by atoms with Crippen LogP contribution < -0.4 is 5.32 Å². The molecule has 2 atom stereocenters. The van der Waals surface area contributed by atoms with E-state index in [4.69, 9.17) is 4.74 Å². The molecule has 0 spiro atoms. The Kier molecular flexibility index (Phi) is 8.03. The zero-order chi connectivity index (χ0) is 25.8. The summed E-state index contributed by atoms with van der Waals surface area (Å²) in [6.45, 7) is 3.62. The Morgan fingerprint density at radius 3 is 2.92 bits per heavy atom. The highest BCUT2D eigenvalue weighted by atomic mass is 19.3. The van der Waals surface area contributed by atoms with Crippen LogP contribution in [-0.4, -0.2) is 53.0 Å². The summed E-state index contributed by atoms with van der Waals surface area (Å²) in [6, 6.07) is 7.21. The van der Waals surface area contributed by atoms with Crippen molar-refractivity contribution in [3.63, 3.8) is 0 Å². The second-order valence-electron chi connectivity index (χ2n) is 10.7. The Balaban J connectivity index is 1.18. The van der Waals surface area contributed by atoms with Crippen molar-refractivity contribution in [2.75, 3.05) is 31.6 Å². The number of nitrogens with one attached hydrogen (secondary N) is 1. The lowest BCUT2D eigenvalue weighted by atomic mass is 9.95. The molecule has 0 radical (unpaired) electrons. The van der Waals surface area contributed by atoms with Crippen molar-refractivity contribution in [2.45, 2.75) is 82.6 Å². The molecule has 1 N–H and O–H groups in total. The second kappa shape index (κ2) is 11.4. The number of ether oxygens (including phenoxy) is 1. The van der Waals surface area contributed by atoms with Crippen LogP contribution in [0.2, 0.25) is 0 Å². The maximum Gasteiger partial charge on any atom is 0.328 e. The lowest BCUT2D eigenvalue weighted by molar-refractivity contribution is -0.150. The van der Waals surface area contributed by atoms with Gasteiger partial charge in [0.1, 0.15) is 11.9 Å². The standard InChI is InChI=1S/C29H38F2N4O2/c1-2-37-28(36)26(24-9-6-16-32-25(24)20-10-11-20)35-18-14-22(19-35)29(30,31)15-4-3-8-23-13-12-21-7-5-17-33-27(21)34-23/h6,9,12-13,16,20,22,26H,2-5,7-8,10-11,14-15,17-19H2,1H3,(H,33,34). The molecule has 8 heteroatoms. The fourth-order valence-electron chi connectivity index (χ4n) is 5.80. The molecule has 4 heterocycles. The maximum atomic E-state index is 15.3. The third-order valence-electron chi connectivity index (χ3n) is 7.97. The number of fused-ring (bicyclic) bond motifs is 1. The highest BCUT2D eigenvalue weighted by Gasteiger charge is 2.46. The minimum Gasteiger partial charge on any atom is -0.465 e. The Morgan fingerprint density at radius 2 is 2.11 bits per heavy atom. The summed E-state index contributed by atoms with van der Waals surface area (Å²) in [4.78, 5) is 24.2. The van der Waals surface area contributed by atoms with E-state index in [0.717, 1.165) is 55.0 Å². The lowest BCUT2D eigenvalue weighted by Gasteiger charge is -2.29. The van der Waals surface area contributed by atoms with Gasteiger partial charge in [-0.3, -0.25) is 9.88 Å². The van der Waals surface area contributed by atoms with Gasteiger partial charge in [-0.05, 0) is 82.5 Å². The molecular formula is C29H38F2N4O2. The first-order valence-corrected chi connectivity index (χ1v) is 13.9. The van der Waals surface area contributed by atoms with Gasteiger partial charge in [-0.25, -0.2) is 18.6 Å². The van der Waals surface area contributed by atoms with Gasteiger partial charge in [0.25, 0.3) is 5.92 Å². The van der Waals surface area contributed by atoms with E-state index >= 15 is 8.78 Å². The Hall–Kier alpha value is -2.61. The Morgan fingerprint density at radius 1 is 1.24 bits per heavy atom. The summed E-state index contributed by atoms with van der Waals surface area (Å²) in [5.41, 5.74) is 3.94. The summed E-state index contributed by atoms with van der Waals surface area (Å²) >= 11 is 0. The van der Waals surface area contributed by atoms with Gasteiger partial charge in [0.05, 0.1) is 6.61 Å². The van der Waals surface area contributed by atoms with Crippen LogP contribution in [0, 0.1) is 5.92 Å². The third-order valence-corrected chi connectivity index (χ3v) is 7.97. The van der Waals surface area contributed by atoms with Crippen molar-refractivity contribution in [3.8, 4) is 0 Å². The summed E-state index contributed by atoms with van der Waals surface area (Å²) in [5, 5.41) is 3.34. The van der Waals surface area contributed by atoms with Gasteiger partial charge in [-0.1, -0.05) is 12.1 Å². The van der Waals surface area contributed by atoms with E-state index in [9.17, 15) is 4.79 Å². The lowest BCUT2D eigenvalue weighted by Crippen LogP contribution is -2.37. The molecule has 37 heavy (non-hydrogen) atoms. The number of carbonyl (C=O) groups excluding carboxylic acids is 1. The summed E-state index contributed by atoms with van der Waals surface area (Å²) in [7, 11) is 0. The average Bonchev–Trinajstić information content (AvgIpc) is 3.63. The van der Waals surface area contributed by atoms with Gasteiger partial charge in [-0.15, -0.1) is 0 Å². The van der Waals surface area contributed by atoms with E-state index in [-0.39, 0.29) is 25.5 Å². The van der Waals surface area contributed by atoms with Crippen LogP contribution in [0.5, 0.6) is 0 Å². The molecule has 2 fully saturated rings. The van der Waals surface area contributed by atoms with Crippen molar-refractivity contribution in [1.82, 2.24) is 14.9 Å².